The Labute approximate surface area is 315 Å². The molecule has 27 heavy (non-hydrogen) atoms. The molecule has 9 heteroatoms. The smallest absolute Gasteiger partial charge is 0.158 e. The molecule has 3 rings (SSSR count). The Kier molecular flexibility index (Phi) is 28.3. The molecule has 0 unspecified atom stereocenters. The first kappa shape index (κ1) is 38.6. The first-order valence-electron chi connectivity index (χ1n) is 6.40. The average molecular weight is 830 g/mol. The minimum absolute atomic E-state index is 0. The standard InChI is InChI=1S/C18H11F2S.6Y/c19-16-8-4-7-15(18(16)20)14-10-9-13(11-17(14)21)12-5-2-1-3-6-12;;;;;;/h1-10,21H;;;;;;/q-1;;;;;;/p-1. The van der Waals surface area contributed by atoms with Crippen LogP contribution in [-0.4, -0.2) is 0 Å². The predicted molar refractivity (Wildman–Crippen MR) is 81.7 cm³/mol. The van der Waals surface area contributed by atoms with Crippen molar-refractivity contribution >= 4 is 12.6 Å². The van der Waals surface area contributed by atoms with Crippen LogP contribution in [0.5, 0.6) is 0 Å². The maximum atomic E-state index is 13.9. The second kappa shape index (κ2) is 19.8. The summed E-state index contributed by atoms with van der Waals surface area (Å²) < 4.78 is 27.2. The fourth-order valence-electron chi connectivity index (χ4n) is 2.18. The first-order valence-corrected chi connectivity index (χ1v) is 6.81. The molecule has 0 spiro atoms. The Balaban J connectivity index is -0.000000441. The van der Waals surface area contributed by atoms with E-state index in [9.17, 15) is 8.78 Å². The van der Waals surface area contributed by atoms with Gasteiger partial charge in [-0.1, -0.05) is 48.0 Å². The van der Waals surface area contributed by atoms with E-state index in [0.29, 0.717) is 10.5 Å². The molecule has 0 nitrogen and oxygen atoms in total. The van der Waals surface area contributed by atoms with Crippen LogP contribution in [0.2, 0.25) is 0 Å². The maximum absolute atomic E-state index is 13.9. The molecular weight excluding hydrogens is 820 g/mol. The number of hydrogen-bond donors (Lipinski definition) is 0. The SMILES string of the molecule is Fc1cccc(-c2ccc(-c3ccccc3)[c-]c2[S-])c1F.[Y].[Y].[Y].[Y].[Y].[Y]. The molecule has 0 saturated heterocycles. The van der Waals surface area contributed by atoms with E-state index in [1.54, 1.807) is 6.07 Å². The Morgan fingerprint density at radius 3 is 1.78 bits per heavy atom. The van der Waals surface area contributed by atoms with Crippen LogP contribution < -0.4 is 0 Å². The number of hydrogen-bond acceptors (Lipinski definition) is 1. The summed E-state index contributed by atoms with van der Waals surface area (Å²) in [4.78, 5) is 0.376. The zero-order valence-corrected chi connectivity index (χ0v) is 32.2. The summed E-state index contributed by atoms with van der Waals surface area (Å²) >= 11 is 5.28. The van der Waals surface area contributed by atoms with Gasteiger partial charge in [-0.2, -0.15) is 6.07 Å². The molecule has 0 amide bonds. The first-order chi connectivity index (χ1) is 10.2. The van der Waals surface area contributed by atoms with Crippen molar-refractivity contribution in [1.82, 2.24) is 0 Å². The predicted octanol–water partition coefficient (Wildman–Crippen LogP) is 4.99. The van der Waals surface area contributed by atoms with E-state index in [2.05, 4.69) is 6.07 Å². The van der Waals surface area contributed by atoms with Crippen molar-refractivity contribution in [3.8, 4) is 22.3 Å². The van der Waals surface area contributed by atoms with Gasteiger partial charge in [-0.05, 0) is 11.6 Å². The van der Waals surface area contributed by atoms with Gasteiger partial charge in [-0.3, -0.25) is 4.90 Å². The van der Waals surface area contributed by atoms with Gasteiger partial charge in [0.15, 0.2) is 11.6 Å². The topological polar surface area (TPSA) is 0 Å². The second-order valence-electron chi connectivity index (χ2n) is 4.58. The normalized spacial score (nSPS) is 8.22. The Morgan fingerprint density at radius 2 is 1.22 bits per heavy atom. The molecule has 0 atom stereocenters. The zero-order valence-electron chi connectivity index (χ0n) is 14.4. The summed E-state index contributed by atoms with van der Waals surface area (Å²) in [6.07, 6.45) is 0. The molecule has 0 aromatic heterocycles. The van der Waals surface area contributed by atoms with E-state index < -0.39 is 11.6 Å². The van der Waals surface area contributed by atoms with Crippen LogP contribution in [-0.2, 0) is 209 Å². The minimum Gasteiger partial charge on any atom is -0.799 e. The summed E-state index contributed by atoms with van der Waals surface area (Å²) in [6, 6.07) is 20.3. The summed E-state index contributed by atoms with van der Waals surface area (Å²) in [5.74, 6) is -1.77. The molecule has 0 N–H and O–H groups in total. The number of halogens is 2. The van der Waals surface area contributed by atoms with Crippen molar-refractivity contribution in [2.24, 2.45) is 0 Å². The second-order valence-corrected chi connectivity index (χ2v) is 4.99. The van der Waals surface area contributed by atoms with Crippen LogP contribution in [0.1, 0.15) is 0 Å². The van der Waals surface area contributed by atoms with Gasteiger partial charge in [0.1, 0.15) is 0 Å². The molecule has 122 valence electrons. The molecule has 3 aromatic carbocycles. The van der Waals surface area contributed by atoms with Crippen LogP contribution in [0.4, 0.5) is 8.78 Å². The Bertz CT molecular complexity index is 803. The van der Waals surface area contributed by atoms with Crippen LogP contribution >= 0.6 is 0 Å². The summed E-state index contributed by atoms with van der Waals surface area (Å²) in [5, 5.41) is 0. The molecule has 0 heterocycles. The average Bonchev–Trinajstić information content (AvgIpc) is 2.51. The van der Waals surface area contributed by atoms with Crippen molar-refractivity contribution in [2.45, 2.75) is 4.90 Å². The molecule has 0 aliphatic rings. The van der Waals surface area contributed by atoms with Crippen molar-refractivity contribution in [1.29, 1.82) is 0 Å². The zero-order chi connectivity index (χ0) is 14.8. The summed E-state index contributed by atoms with van der Waals surface area (Å²) in [7, 11) is 0. The van der Waals surface area contributed by atoms with Crippen LogP contribution in [0, 0.1) is 17.7 Å². The molecule has 0 saturated carbocycles. The van der Waals surface area contributed by atoms with E-state index in [1.807, 2.05) is 36.4 Å². The van der Waals surface area contributed by atoms with E-state index in [0.717, 1.165) is 17.2 Å². The van der Waals surface area contributed by atoms with Gasteiger partial charge < -0.3 is 12.6 Å². The monoisotopic (exact) mass is 829 g/mol. The van der Waals surface area contributed by atoms with Gasteiger partial charge in [-0.15, -0.1) is 23.3 Å². The molecule has 6 radical (unpaired) electrons. The number of benzene rings is 3. The largest absolute Gasteiger partial charge is 0.799 e. The quantitative estimate of drug-likeness (QED) is 0.260. The Morgan fingerprint density at radius 1 is 0.630 bits per heavy atom. The third-order valence-electron chi connectivity index (χ3n) is 3.24. The minimum atomic E-state index is -0.885. The van der Waals surface area contributed by atoms with Crippen molar-refractivity contribution < 1.29 is 205 Å². The molecule has 3 aromatic rings. The van der Waals surface area contributed by atoms with Gasteiger partial charge in [0.25, 0.3) is 0 Å². The van der Waals surface area contributed by atoms with Crippen LogP contribution in [0.15, 0.2) is 65.6 Å². The maximum Gasteiger partial charge on any atom is 0.158 e. The van der Waals surface area contributed by atoms with E-state index in [4.69, 9.17) is 12.6 Å². The van der Waals surface area contributed by atoms with Crippen molar-refractivity contribution in [3.63, 3.8) is 0 Å². The van der Waals surface area contributed by atoms with Gasteiger partial charge >= 0.3 is 0 Å². The fraction of sp³-hybridized carbons (Fsp3) is 0. The fourth-order valence-corrected chi connectivity index (χ4v) is 2.47. The summed E-state index contributed by atoms with van der Waals surface area (Å²) in [6.45, 7) is 0. The van der Waals surface area contributed by atoms with Crippen molar-refractivity contribution in [3.05, 3.63) is 78.4 Å². The summed E-state index contributed by atoms with van der Waals surface area (Å²) in [5.41, 5.74) is 2.45. The molecule has 0 aliphatic heterocycles. The van der Waals surface area contributed by atoms with Crippen LogP contribution in [0.3, 0.4) is 0 Å². The molecule has 0 aliphatic carbocycles. The van der Waals surface area contributed by atoms with E-state index in [1.165, 1.54) is 12.1 Å². The van der Waals surface area contributed by atoms with Crippen LogP contribution in [0.25, 0.3) is 22.3 Å². The van der Waals surface area contributed by atoms with Gasteiger partial charge in [0.2, 0.25) is 0 Å². The van der Waals surface area contributed by atoms with Crippen molar-refractivity contribution in [2.75, 3.05) is 0 Å². The Hall–Kier alpha value is 4.36. The van der Waals surface area contributed by atoms with E-state index >= 15 is 0 Å². The number of rotatable bonds is 2. The molecule has 0 fully saturated rings. The van der Waals surface area contributed by atoms with E-state index in [-0.39, 0.29) is 202 Å². The third-order valence-corrected chi connectivity index (χ3v) is 3.56. The molecule has 0 bridgehead atoms. The van der Waals surface area contributed by atoms with Gasteiger partial charge in [-0.25, -0.2) is 8.78 Å². The third kappa shape index (κ3) is 10.9. The van der Waals surface area contributed by atoms with Gasteiger partial charge in [0, 0.05) is 196 Å². The molecular formula is C18H10F2SY6-2. The van der Waals surface area contributed by atoms with Gasteiger partial charge in [0.05, 0.1) is 0 Å².